The molecule has 2 rings (SSSR count). The molecule has 0 saturated heterocycles. The van der Waals surface area contributed by atoms with Crippen LogP contribution in [0.15, 0.2) is 42.9 Å². The molecule has 7 nitrogen and oxygen atoms in total. The monoisotopic (exact) mass is 356 g/mol. The number of hydrogen-bond donors (Lipinski definition) is 1. The number of carbonyl (C=O) groups excluding carboxylic acids is 1. The summed E-state index contributed by atoms with van der Waals surface area (Å²) < 4.78 is 18.8. The number of ketones is 1. The zero-order valence-corrected chi connectivity index (χ0v) is 14.5. The fraction of sp³-hybridized carbons (Fsp3) is 0.222. The van der Waals surface area contributed by atoms with Crippen molar-refractivity contribution in [1.29, 1.82) is 0 Å². The molecule has 0 unspecified atom stereocenters. The molecule has 0 saturated carbocycles. The van der Waals surface area contributed by atoms with Gasteiger partial charge < -0.3 is 10.1 Å². The maximum absolute atomic E-state index is 13.6. The molecule has 1 aromatic heterocycles. The van der Waals surface area contributed by atoms with Crippen LogP contribution in [0.4, 0.5) is 10.2 Å². The molecule has 1 aromatic carbocycles. The topological polar surface area (TPSA) is 71.7 Å². The van der Waals surface area contributed by atoms with Gasteiger partial charge in [-0.1, -0.05) is 6.08 Å². The molecule has 0 bridgehead atoms. The van der Waals surface area contributed by atoms with Gasteiger partial charge in [-0.05, 0) is 30.1 Å². The molecular weight excluding hydrogens is 337 g/mol. The van der Waals surface area contributed by atoms with E-state index in [1.807, 2.05) is 0 Å². The summed E-state index contributed by atoms with van der Waals surface area (Å²) in [5, 5.41) is 4.24. The van der Waals surface area contributed by atoms with Gasteiger partial charge in [0.25, 0.3) is 0 Å². The first-order valence-electron chi connectivity index (χ1n) is 7.79. The number of Topliss-reactive ketones (excluding diaryl/α,β-unsaturated/α-hetero) is 1. The summed E-state index contributed by atoms with van der Waals surface area (Å²) in [5.41, 5.74) is 0.962. The third-order valence-corrected chi connectivity index (χ3v) is 3.38. The average Bonchev–Trinajstić information content (AvgIpc) is 2.66. The fourth-order valence-corrected chi connectivity index (χ4v) is 2.21. The molecule has 1 N–H and O–H groups in total. The van der Waals surface area contributed by atoms with Gasteiger partial charge in [0.15, 0.2) is 12.3 Å². The van der Waals surface area contributed by atoms with E-state index in [1.165, 1.54) is 36.6 Å². The first-order chi connectivity index (χ1) is 12.6. The van der Waals surface area contributed by atoms with Crippen LogP contribution in [0.1, 0.15) is 6.92 Å². The van der Waals surface area contributed by atoms with Crippen LogP contribution in [0, 0.1) is 12.4 Å². The third kappa shape index (κ3) is 5.01. The molecule has 2 aromatic rings. The molecule has 8 heteroatoms. The first-order valence-corrected chi connectivity index (χ1v) is 7.79. The van der Waals surface area contributed by atoms with Crippen molar-refractivity contribution < 1.29 is 13.9 Å². The molecular formula is C18H19FN5O2+. The Kier molecular flexibility index (Phi) is 6.62. The summed E-state index contributed by atoms with van der Waals surface area (Å²) in [6.45, 7) is 7.06. The van der Waals surface area contributed by atoms with Crippen LogP contribution < -0.4 is 10.1 Å². The van der Waals surface area contributed by atoms with Crippen molar-refractivity contribution in [3.8, 4) is 23.6 Å². The summed E-state index contributed by atoms with van der Waals surface area (Å²) >= 11 is 0. The zero-order chi connectivity index (χ0) is 18.9. The largest absolute Gasteiger partial charge is 0.496 e. The summed E-state index contributed by atoms with van der Waals surface area (Å²) in [4.78, 5) is 23.7. The lowest BCUT2D eigenvalue weighted by molar-refractivity contribution is -0.117. The fourth-order valence-electron chi connectivity index (χ4n) is 2.21. The number of methoxy groups -OCH3 is 1. The maximum atomic E-state index is 13.6. The average molecular weight is 356 g/mol. The van der Waals surface area contributed by atoms with Crippen LogP contribution in [0.3, 0.4) is 0 Å². The van der Waals surface area contributed by atoms with E-state index in [1.54, 1.807) is 25.3 Å². The summed E-state index contributed by atoms with van der Waals surface area (Å²) in [5.74, 6) is 0.370. The second-order valence-corrected chi connectivity index (χ2v) is 5.22. The zero-order valence-electron chi connectivity index (χ0n) is 14.5. The highest BCUT2D eigenvalue weighted by molar-refractivity contribution is 5.84. The number of carbonyl (C=O) groups is 1. The van der Waals surface area contributed by atoms with E-state index in [2.05, 4.69) is 20.2 Å². The second-order valence-electron chi connectivity index (χ2n) is 5.22. The third-order valence-electron chi connectivity index (χ3n) is 3.38. The smallest absolute Gasteiger partial charge is 0.305 e. The van der Waals surface area contributed by atoms with Crippen molar-refractivity contribution in [3.05, 3.63) is 53.6 Å². The summed E-state index contributed by atoms with van der Waals surface area (Å²) in [7, 11) is 1.49. The van der Waals surface area contributed by atoms with Gasteiger partial charge in [0.2, 0.25) is 0 Å². The van der Waals surface area contributed by atoms with E-state index in [0.29, 0.717) is 22.8 Å². The van der Waals surface area contributed by atoms with Crippen LogP contribution in [-0.4, -0.2) is 41.0 Å². The highest BCUT2D eigenvalue weighted by Crippen LogP contribution is 2.29. The van der Waals surface area contributed by atoms with E-state index in [-0.39, 0.29) is 18.9 Å². The molecule has 0 spiro atoms. The highest BCUT2D eigenvalue weighted by Gasteiger charge is 2.13. The molecule has 0 atom stereocenters. The SMILES string of the molecule is C#[N+]N(/C=C\C)CC(=O)CNc1cc(-c2cc(F)ccc2OC)ncn1. The summed E-state index contributed by atoms with van der Waals surface area (Å²) in [6.07, 6.45) is 4.64. The molecule has 0 radical (unpaired) electrons. The van der Waals surface area contributed by atoms with Crippen molar-refractivity contribution in [3.63, 3.8) is 0 Å². The van der Waals surface area contributed by atoms with Gasteiger partial charge >= 0.3 is 6.57 Å². The summed E-state index contributed by atoms with van der Waals surface area (Å²) in [6, 6.07) is 5.77. The van der Waals surface area contributed by atoms with Crippen LogP contribution in [-0.2, 0) is 4.79 Å². The number of nitrogens with zero attached hydrogens (tertiary/aromatic N) is 4. The lowest BCUT2D eigenvalue weighted by Crippen LogP contribution is -2.25. The van der Waals surface area contributed by atoms with E-state index >= 15 is 0 Å². The van der Waals surface area contributed by atoms with Crippen molar-refractivity contribution in [1.82, 2.24) is 15.0 Å². The van der Waals surface area contributed by atoms with E-state index in [4.69, 9.17) is 11.3 Å². The Balaban J connectivity index is 2.10. The Morgan fingerprint density at radius 2 is 2.23 bits per heavy atom. The van der Waals surface area contributed by atoms with Crippen molar-refractivity contribution in [2.45, 2.75) is 6.92 Å². The lowest BCUT2D eigenvalue weighted by atomic mass is 10.1. The van der Waals surface area contributed by atoms with Gasteiger partial charge in [-0.2, -0.15) is 0 Å². The Hall–Kier alpha value is -3.47. The minimum atomic E-state index is -0.404. The lowest BCUT2D eigenvalue weighted by Gasteiger charge is -2.10. The van der Waals surface area contributed by atoms with Gasteiger partial charge in [0, 0.05) is 11.6 Å². The predicted molar refractivity (Wildman–Crippen MR) is 97.3 cm³/mol. The maximum Gasteiger partial charge on any atom is 0.305 e. The molecule has 0 aliphatic rings. The van der Waals surface area contributed by atoms with Gasteiger partial charge in [0.1, 0.15) is 23.7 Å². The Morgan fingerprint density at radius 1 is 1.42 bits per heavy atom. The Morgan fingerprint density at radius 3 is 2.92 bits per heavy atom. The Labute approximate surface area is 150 Å². The van der Waals surface area contributed by atoms with Crippen molar-refractivity contribution in [2.75, 3.05) is 25.5 Å². The number of ether oxygens (including phenoxy) is 1. The molecule has 26 heavy (non-hydrogen) atoms. The molecule has 0 aliphatic carbocycles. The minimum absolute atomic E-state index is 0.0281. The van der Waals surface area contributed by atoms with E-state index in [0.717, 1.165) is 0 Å². The van der Waals surface area contributed by atoms with Crippen LogP contribution in [0.5, 0.6) is 5.75 Å². The number of benzene rings is 1. The number of anilines is 1. The predicted octanol–water partition coefficient (Wildman–Crippen LogP) is 2.99. The minimum Gasteiger partial charge on any atom is -0.496 e. The normalized spacial score (nSPS) is 10.4. The molecule has 134 valence electrons. The standard InChI is InChI=1S/C18H19FN5O2/c1-4-7-24(20-2)11-14(25)10-21-18-9-16(22-12-23-18)15-8-13(19)5-6-17(15)26-3/h2,4-9,12H,10-11H2,1,3H3,(H,21,22,23)/q+1/b7-4-. The first kappa shape index (κ1) is 18.9. The Bertz CT molecular complexity index is 848. The highest BCUT2D eigenvalue weighted by atomic mass is 19.1. The van der Waals surface area contributed by atoms with Crippen LogP contribution >= 0.6 is 0 Å². The number of nitrogens with one attached hydrogen (secondary N) is 1. The van der Waals surface area contributed by atoms with E-state index < -0.39 is 5.82 Å². The number of rotatable bonds is 8. The van der Waals surface area contributed by atoms with Gasteiger partial charge in [-0.25, -0.2) is 14.4 Å². The second kappa shape index (κ2) is 9.13. The molecule has 1 heterocycles. The number of allylic oxidation sites excluding steroid dienone is 1. The molecule has 0 aliphatic heterocycles. The molecule has 0 fully saturated rings. The van der Waals surface area contributed by atoms with Crippen molar-refractivity contribution in [2.24, 2.45) is 0 Å². The van der Waals surface area contributed by atoms with Crippen molar-refractivity contribution >= 4 is 11.6 Å². The number of halogens is 1. The number of aromatic nitrogens is 2. The van der Waals surface area contributed by atoms with Crippen LogP contribution in [0.25, 0.3) is 16.2 Å². The molecule has 0 amide bonds. The number of hydrogen-bond acceptors (Lipinski definition) is 6. The van der Waals surface area contributed by atoms with Crippen LogP contribution in [0.2, 0.25) is 0 Å². The van der Waals surface area contributed by atoms with E-state index in [9.17, 15) is 9.18 Å². The van der Waals surface area contributed by atoms with Gasteiger partial charge in [0.05, 0.1) is 30.5 Å². The van der Waals surface area contributed by atoms with Gasteiger partial charge in [-0.15, -0.1) is 0 Å². The van der Waals surface area contributed by atoms with Gasteiger partial charge in [-0.3, -0.25) is 4.79 Å². The quantitative estimate of drug-likeness (QED) is 0.733.